The first-order valence-corrected chi connectivity index (χ1v) is 10.6. The number of nitrogens with zero attached hydrogens (tertiary/aromatic N) is 1. The van der Waals surface area contributed by atoms with E-state index in [0.717, 1.165) is 26.5 Å². The predicted octanol–water partition coefficient (Wildman–Crippen LogP) is 5.23. The molecule has 1 aliphatic rings. The van der Waals surface area contributed by atoms with Crippen molar-refractivity contribution in [2.24, 2.45) is 0 Å². The zero-order chi connectivity index (χ0) is 21.3. The van der Waals surface area contributed by atoms with E-state index in [9.17, 15) is 9.59 Å². The average Bonchev–Trinajstić information content (AvgIpc) is 2.98. The highest BCUT2D eigenvalue weighted by Gasteiger charge is 2.27. The molecule has 3 aromatic rings. The number of fused-ring (bicyclic) bond motifs is 3. The Bertz CT molecular complexity index is 1170. The molecule has 30 heavy (non-hydrogen) atoms. The standard InChI is InChI=1S/C23H22BrN3O3/c1-3-30-22(28)18-13-27(23(29)25-15-8-9-19(24)14(2)12-15)11-10-17-16-6-4-5-7-20(16)26-21(17)18/h4-9,12-13,26H,3,10-11H2,1-2H3,(H,25,29). The minimum absolute atomic E-state index is 0.260. The predicted molar refractivity (Wildman–Crippen MR) is 121 cm³/mol. The molecule has 0 bridgehead atoms. The van der Waals surface area contributed by atoms with Crippen LogP contribution in [0.5, 0.6) is 0 Å². The van der Waals surface area contributed by atoms with Gasteiger partial charge in [0.05, 0.1) is 17.9 Å². The van der Waals surface area contributed by atoms with E-state index in [-0.39, 0.29) is 12.6 Å². The molecule has 1 aromatic heterocycles. The van der Waals surface area contributed by atoms with E-state index in [1.54, 1.807) is 13.1 Å². The average molecular weight is 468 g/mol. The van der Waals surface area contributed by atoms with Gasteiger partial charge in [-0.1, -0.05) is 34.1 Å². The summed E-state index contributed by atoms with van der Waals surface area (Å²) in [7, 11) is 0. The van der Waals surface area contributed by atoms with Gasteiger partial charge >= 0.3 is 12.0 Å². The Labute approximate surface area is 183 Å². The minimum Gasteiger partial charge on any atom is -0.462 e. The number of hydrogen-bond donors (Lipinski definition) is 2. The molecule has 0 unspecified atom stereocenters. The van der Waals surface area contributed by atoms with E-state index < -0.39 is 5.97 Å². The van der Waals surface area contributed by atoms with Crippen LogP contribution in [-0.4, -0.2) is 35.0 Å². The highest BCUT2D eigenvalue weighted by Crippen LogP contribution is 2.31. The van der Waals surface area contributed by atoms with Crippen LogP contribution in [-0.2, 0) is 16.0 Å². The Hall–Kier alpha value is -3.06. The first-order valence-electron chi connectivity index (χ1n) is 9.80. The van der Waals surface area contributed by atoms with Gasteiger partial charge in [-0.05, 0) is 55.7 Å². The van der Waals surface area contributed by atoms with Crippen molar-refractivity contribution in [3.05, 3.63) is 70.0 Å². The normalized spacial score (nSPS) is 13.4. The van der Waals surface area contributed by atoms with Crippen molar-refractivity contribution in [3.8, 4) is 0 Å². The van der Waals surface area contributed by atoms with E-state index in [1.165, 1.54) is 4.90 Å². The Morgan fingerprint density at radius 2 is 2.03 bits per heavy atom. The van der Waals surface area contributed by atoms with Gasteiger partial charge in [-0.15, -0.1) is 0 Å². The maximum absolute atomic E-state index is 13.0. The van der Waals surface area contributed by atoms with Gasteiger partial charge in [0, 0.05) is 33.8 Å². The summed E-state index contributed by atoms with van der Waals surface area (Å²) in [5.41, 5.74) is 4.75. The van der Waals surface area contributed by atoms with Gasteiger partial charge in [-0.25, -0.2) is 9.59 Å². The summed E-state index contributed by atoms with van der Waals surface area (Å²) < 4.78 is 6.25. The van der Waals surface area contributed by atoms with Crippen LogP contribution in [0.4, 0.5) is 10.5 Å². The molecule has 2 N–H and O–H groups in total. The summed E-state index contributed by atoms with van der Waals surface area (Å²) in [5.74, 6) is -0.454. The van der Waals surface area contributed by atoms with E-state index in [0.29, 0.717) is 29.9 Å². The van der Waals surface area contributed by atoms with Crippen molar-refractivity contribution in [2.45, 2.75) is 20.3 Å². The number of ether oxygens (including phenoxy) is 1. The lowest BCUT2D eigenvalue weighted by Gasteiger charge is -2.19. The molecule has 0 saturated carbocycles. The van der Waals surface area contributed by atoms with E-state index in [1.807, 2.05) is 49.4 Å². The summed E-state index contributed by atoms with van der Waals surface area (Å²) in [6.45, 7) is 4.43. The number of hydrogen-bond acceptors (Lipinski definition) is 3. The van der Waals surface area contributed by atoms with Crippen LogP contribution in [0.3, 0.4) is 0 Å². The smallest absolute Gasteiger partial charge is 0.341 e. The number of aryl methyl sites for hydroxylation is 1. The summed E-state index contributed by atoms with van der Waals surface area (Å²) in [5, 5.41) is 3.96. The van der Waals surface area contributed by atoms with Gasteiger partial charge in [-0.3, -0.25) is 4.90 Å². The van der Waals surface area contributed by atoms with Gasteiger partial charge in [0.2, 0.25) is 0 Å². The fourth-order valence-electron chi connectivity index (χ4n) is 3.65. The van der Waals surface area contributed by atoms with Gasteiger partial charge in [0.15, 0.2) is 0 Å². The molecule has 2 heterocycles. The second-order valence-corrected chi connectivity index (χ2v) is 7.98. The SMILES string of the molecule is CCOC(=O)C1=CN(C(=O)Nc2ccc(Br)c(C)c2)CCc2c1[nH]c1ccccc21. The number of carbonyl (C=O) groups excluding carboxylic acids is 2. The lowest BCUT2D eigenvalue weighted by atomic mass is 10.0. The Morgan fingerprint density at radius 1 is 1.23 bits per heavy atom. The second-order valence-electron chi connectivity index (χ2n) is 7.12. The van der Waals surface area contributed by atoms with E-state index >= 15 is 0 Å². The van der Waals surface area contributed by atoms with E-state index in [4.69, 9.17) is 4.74 Å². The molecule has 2 amide bonds. The molecule has 4 rings (SSSR count). The maximum Gasteiger partial charge on any atom is 0.341 e. The molecule has 2 aromatic carbocycles. The van der Waals surface area contributed by atoms with Crippen LogP contribution in [0.2, 0.25) is 0 Å². The lowest BCUT2D eigenvalue weighted by Crippen LogP contribution is -2.32. The zero-order valence-electron chi connectivity index (χ0n) is 16.8. The summed E-state index contributed by atoms with van der Waals surface area (Å²) >= 11 is 3.47. The van der Waals surface area contributed by atoms with Crippen molar-refractivity contribution in [3.63, 3.8) is 0 Å². The molecule has 7 heteroatoms. The topological polar surface area (TPSA) is 74.4 Å². The lowest BCUT2D eigenvalue weighted by molar-refractivity contribution is -0.136. The third-order valence-electron chi connectivity index (χ3n) is 5.14. The van der Waals surface area contributed by atoms with Crippen LogP contribution in [0.15, 0.2) is 53.1 Å². The van der Waals surface area contributed by atoms with Crippen molar-refractivity contribution >= 4 is 50.1 Å². The number of carbonyl (C=O) groups is 2. The Morgan fingerprint density at radius 3 is 2.80 bits per heavy atom. The Balaban J connectivity index is 1.69. The summed E-state index contributed by atoms with van der Waals surface area (Å²) in [6.07, 6.45) is 2.20. The summed E-state index contributed by atoms with van der Waals surface area (Å²) in [4.78, 5) is 30.6. The van der Waals surface area contributed by atoms with Crippen LogP contribution in [0, 0.1) is 6.92 Å². The monoisotopic (exact) mass is 467 g/mol. The van der Waals surface area contributed by atoms with Gasteiger partial charge in [-0.2, -0.15) is 0 Å². The number of benzene rings is 2. The largest absolute Gasteiger partial charge is 0.462 e. The zero-order valence-corrected chi connectivity index (χ0v) is 18.4. The number of halogens is 1. The van der Waals surface area contributed by atoms with Crippen molar-refractivity contribution in [2.75, 3.05) is 18.5 Å². The number of amides is 2. The number of esters is 1. The van der Waals surface area contributed by atoms with Crippen molar-refractivity contribution < 1.29 is 14.3 Å². The fourth-order valence-corrected chi connectivity index (χ4v) is 3.89. The quantitative estimate of drug-likeness (QED) is 0.517. The van der Waals surface area contributed by atoms with Crippen LogP contribution in [0.25, 0.3) is 16.5 Å². The molecule has 0 atom stereocenters. The molecule has 0 saturated heterocycles. The third-order valence-corrected chi connectivity index (χ3v) is 6.03. The molecule has 0 aliphatic carbocycles. The van der Waals surface area contributed by atoms with E-state index in [2.05, 4.69) is 26.2 Å². The Kier molecular flexibility index (Phi) is 5.63. The number of nitrogens with one attached hydrogen (secondary N) is 2. The molecule has 154 valence electrons. The van der Waals surface area contributed by atoms with Gasteiger partial charge in [0.25, 0.3) is 0 Å². The third kappa shape index (κ3) is 3.85. The molecule has 1 aliphatic heterocycles. The molecule has 0 radical (unpaired) electrons. The van der Waals surface area contributed by atoms with Crippen molar-refractivity contribution in [1.29, 1.82) is 0 Å². The molecule has 6 nitrogen and oxygen atoms in total. The van der Waals surface area contributed by atoms with Crippen LogP contribution < -0.4 is 5.32 Å². The molecular weight excluding hydrogens is 446 g/mol. The number of para-hydroxylation sites is 1. The first kappa shape index (κ1) is 20.2. The van der Waals surface area contributed by atoms with Gasteiger partial charge < -0.3 is 15.0 Å². The number of aromatic amines is 1. The van der Waals surface area contributed by atoms with Crippen LogP contribution >= 0.6 is 15.9 Å². The highest BCUT2D eigenvalue weighted by atomic mass is 79.9. The fraction of sp³-hybridized carbons (Fsp3) is 0.217. The molecule has 0 fully saturated rings. The van der Waals surface area contributed by atoms with Crippen molar-refractivity contribution in [1.82, 2.24) is 9.88 Å². The number of anilines is 1. The number of urea groups is 1. The minimum atomic E-state index is -0.454. The number of rotatable bonds is 3. The second kappa shape index (κ2) is 8.36. The van der Waals surface area contributed by atoms with Gasteiger partial charge in [0.1, 0.15) is 0 Å². The molecule has 0 spiro atoms. The number of aromatic nitrogens is 1. The molecular formula is C23H22BrN3O3. The summed E-state index contributed by atoms with van der Waals surface area (Å²) in [6, 6.07) is 13.2. The maximum atomic E-state index is 13.0. The van der Waals surface area contributed by atoms with Crippen LogP contribution in [0.1, 0.15) is 23.7 Å². The highest BCUT2D eigenvalue weighted by molar-refractivity contribution is 9.10. The first-order chi connectivity index (χ1) is 14.5. The number of H-pyrrole nitrogens is 1.